The Morgan fingerprint density at radius 1 is 1.54 bits per heavy atom. The Hall–Kier alpha value is -0.730. The summed E-state index contributed by atoms with van der Waals surface area (Å²) in [5.74, 6) is 1.63. The number of nitrogens with zero attached hydrogens (tertiary/aromatic N) is 1. The highest BCUT2D eigenvalue weighted by molar-refractivity contribution is 5.77. The summed E-state index contributed by atoms with van der Waals surface area (Å²) in [6.07, 6.45) is 6.53. The van der Waals surface area contributed by atoms with E-state index in [1.165, 1.54) is 25.7 Å². The SMILES string of the molecule is CCCN=C(N)NCCCC1CC1. The molecular weight excluding hydrogens is 162 g/mol. The summed E-state index contributed by atoms with van der Waals surface area (Å²) in [6, 6.07) is 0. The molecule has 3 heteroatoms. The van der Waals surface area contributed by atoms with E-state index in [2.05, 4.69) is 17.2 Å². The molecule has 0 bridgehead atoms. The maximum absolute atomic E-state index is 5.63. The van der Waals surface area contributed by atoms with Crippen LogP contribution in [0.3, 0.4) is 0 Å². The molecule has 0 aromatic heterocycles. The van der Waals surface area contributed by atoms with E-state index in [4.69, 9.17) is 5.73 Å². The zero-order valence-corrected chi connectivity index (χ0v) is 8.55. The fourth-order valence-electron chi connectivity index (χ4n) is 1.30. The van der Waals surface area contributed by atoms with Crippen LogP contribution in [0, 0.1) is 5.92 Å². The maximum atomic E-state index is 5.63. The third-order valence-corrected chi connectivity index (χ3v) is 2.30. The third-order valence-electron chi connectivity index (χ3n) is 2.30. The van der Waals surface area contributed by atoms with Crippen LogP contribution in [0.4, 0.5) is 0 Å². The molecule has 1 aliphatic rings. The van der Waals surface area contributed by atoms with Gasteiger partial charge in [0.05, 0.1) is 0 Å². The lowest BCUT2D eigenvalue weighted by Gasteiger charge is -2.04. The summed E-state index contributed by atoms with van der Waals surface area (Å²) in [5, 5.41) is 3.13. The van der Waals surface area contributed by atoms with Gasteiger partial charge in [-0.3, -0.25) is 4.99 Å². The second kappa shape index (κ2) is 5.84. The van der Waals surface area contributed by atoms with Crippen LogP contribution >= 0.6 is 0 Å². The molecular formula is C10H21N3. The molecule has 0 unspecified atom stereocenters. The summed E-state index contributed by atoms with van der Waals surface area (Å²) in [5.41, 5.74) is 5.63. The van der Waals surface area contributed by atoms with Gasteiger partial charge in [-0.2, -0.15) is 0 Å². The molecule has 1 rings (SSSR count). The monoisotopic (exact) mass is 183 g/mol. The minimum atomic E-state index is 0.609. The van der Waals surface area contributed by atoms with E-state index in [0.717, 1.165) is 25.4 Å². The van der Waals surface area contributed by atoms with Crippen molar-refractivity contribution in [3.8, 4) is 0 Å². The van der Waals surface area contributed by atoms with Crippen LogP contribution in [0.2, 0.25) is 0 Å². The summed E-state index contributed by atoms with van der Waals surface area (Å²) >= 11 is 0. The lowest BCUT2D eigenvalue weighted by atomic mass is 10.2. The molecule has 0 aromatic rings. The minimum absolute atomic E-state index is 0.609. The molecule has 76 valence electrons. The van der Waals surface area contributed by atoms with E-state index in [1.54, 1.807) is 0 Å². The molecule has 0 saturated heterocycles. The first-order valence-electron chi connectivity index (χ1n) is 5.36. The molecule has 0 aromatic carbocycles. The molecule has 0 heterocycles. The highest BCUT2D eigenvalue weighted by Crippen LogP contribution is 2.33. The number of aliphatic imine (C=N–C) groups is 1. The Labute approximate surface area is 80.8 Å². The number of nitrogens with two attached hydrogens (primary N) is 1. The largest absolute Gasteiger partial charge is 0.370 e. The second-order valence-electron chi connectivity index (χ2n) is 3.78. The minimum Gasteiger partial charge on any atom is -0.370 e. The van der Waals surface area contributed by atoms with Crippen molar-refractivity contribution in [1.29, 1.82) is 0 Å². The average Bonchev–Trinajstić information content (AvgIpc) is 2.92. The van der Waals surface area contributed by atoms with Crippen LogP contribution in [0.15, 0.2) is 4.99 Å². The first-order valence-corrected chi connectivity index (χ1v) is 5.36. The number of hydrogen-bond donors (Lipinski definition) is 2. The maximum Gasteiger partial charge on any atom is 0.188 e. The summed E-state index contributed by atoms with van der Waals surface area (Å²) in [4.78, 5) is 4.16. The Morgan fingerprint density at radius 2 is 2.31 bits per heavy atom. The average molecular weight is 183 g/mol. The zero-order valence-electron chi connectivity index (χ0n) is 8.55. The van der Waals surface area contributed by atoms with Crippen molar-refractivity contribution in [2.24, 2.45) is 16.6 Å². The normalized spacial score (nSPS) is 17.5. The lowest BCUT2D eigenvalue weighted by molar-refractivity contribution is 0.650. The highest BCUT2D eigenvalue weighted by Gasteiger charge is 2.19. The molecule has 0 atom stereocenters. The van der Waals surface area contributed by atoms with Crippen molar-refractivity contribution < 1.29 is 0 Å². The van der Waals surface area contributed by atoms with Gasteiger partial charge < -0.3 is 11.1 Å². The predicted octanol–water partition coefficient (Wildman–Crippen LogP) is 1.49. The van der Waals surface area contributed by atoms with Crippen LogP contribution in [0.5, 0.6) is 0 Å². The van der Waals surface area contributed by atoms with Crippen molar-refractivity contribution >= 4 is 5.96 Å². The topological polar surface area (TPSA) is 50.4 Å². The summed E-state index contributed by atoms with van der Waals surface area (Å²) in [7, 11) is 0. The molecule has 3 nitrogen and oxygen atoms in total. The van der Waals surface area contributed by atoms with Gasteiger partial charge in [0.25, 0.3) is 0 Å². The standard InChI is InChI=1S/C10H21N3/c1-2-7-12-10(11)13-8-3-4-9-5-6-9/h9H,2-8H2,1H3,(H3,11,12,13). The van der Waals surface area contributed by atoms with Gasteiger partial charge in [0, 0.05) is 13.1 Å². The van der Waals surface area contributed by atoms with Crippen molar-refractivity contribution in [3.63, 3.8) is 0 Å². The summed E-state index contributed by atoms with van der Waals surface area (Å²) < 4.78 is 0. The molecule has 0 amide bonds. The molecule has 0 spiro atoms. The quantitative estimate of drug-likeness (QED) is 0.372. The van der Waals surface area contributed by atoms with Gasteiger partial charge in [-0.15, -0.1) is 0 Å². The van der Waals surface area contributed by atoms with Crippen LogP contribution in [-0.2, 0) is 0 Å². The van der Waals surface area contributed by atoms with Crippen LogP contribution in [0.25, 0.3) is 0 Å². The Balaban J connectivity index is 1.90. The highest BCUT2D eigenvalue weighted by atomic mass is 15.1. The van der Waals surface area contributed by atoms with Crippen molar-refractivity contribution in [2.45, 2.75) is 39.0 Å². The first kappa shape index (κ1) is 10.4. The van der Waals surface area contributed by atoms with Crippen LogP contribution in [0.1, 0.15) is 39.0 Å². The van der Waals surface area contributed by atoms with E-state index in [1.807, 2.05) is 0 Å². The van der Waals surface area contributed by atoms with Gasteiger partial charge in [0.15, 0.2) is 5.96 Å². The van der Waals surface area contributed by atoms with Gasteiger partial charge in [-0.05, 0) is 25.2 Å². The number of nitrogens with one attached hydrogen (secondary N) is 1. The van der Waals surface area contributed by atoms with Crippen molar-refractivity contribution in [3.05, 3.63) is 0 Å². The van der Waals surface area contributed by atoms with E-state index >= 15 is 0 Å². The van der Waals surface area contributed by atoms with E-state index < -0.39 is 0 Å². The molecule has 0 radical (unpaired) electrons. The van der Waals surface area contributed by atoms with Gasteiger partial charge in [-0.25, -0.2) is 0 Å². The van der Waals surface area contributed by atoms with Crippen molar-refractivity contribution in [1.82, 2.24) is 5.32 Å². The molecule has 3 N–H and O–H groups in total. The van der Waals surface area contributed by atoms with Gasteiger partial charge in [-0.1, -0.05) is 19.8 Å². The van der Waals surface area contributed by atoms with Crippen molar-refractivity contribution in [2.75, 3.05) is 13.1 Å². The summed E-state index contributed by atoms with van der Waals surface area (Å²) in [6.45, 7) is 3.92. The number of rotatable bonds is 6. The molecule has 0 aliphatic heterocycles. The molecule has 1 aliphatic carbocycles. The van der Waals surface area contributed by atoms with E-state index in [0.29, 0.717) is 5.96 Å². The van der Waals surface area contributed by atoms with E-state index in [-0.39, 0.29) is 0 Å². The number of hydrogen-bond acceptors (Lipinski definition) is 1. The lowest BCUT2D eigenvalue weighted by Crippen LogP contribution is -2.32. The molecule has 13 heavy (non-hydrogen) atoms. The zero-order chi connectivity index (χ0) is 9.52. The Bertz CT molecular complexity index is 162. The van der Waals surface area contributed by atoms with Gasteiger partial charge >= 0.3 is 0 Å². The van der Waals surface area contributed by atoms with Gasteiger partial charge in [0.1, 0.15) is 0 Å². The molecule has 1 fully saturated rings. The Kier molecular flexibility index (Phi) is 4.65. The number of guanidine groups is 1. The van der Waals surface area contributed by atoms with Gasteiger partial charge in [0.2, 0.25) is 0 Å². The van der Waals surface area contributed by atoms with Crippen LogP contribution < -0.4 is 11.1 Å². The fraction of sp³-hybridized carbons (Fsp3) is 0.900. The third kappa shape index (κ3) is 5.50. The fourth-order valence-corrected chi connectivity index (χ4v) is 1.30. The predicted molar refractivity (Wildman–Crippen MR) is 56.7 cm³/mol. The second-order valence-corrected chi connectivity index (χ2v) is 3.78. The molecule has 1 saturated carbocycles. The van der Waals surface area contributed by atoms with Crippen LogP contribution in [-0.4, -0.2) is 19.0 Å². The smallest absolute Gasteiger partial charge is 0.188 e. The Morgan fingerprint density at radius 3 is 2.92 bits per heavy atom. The first-order chi connectivity index (χ1) is 6.33. The van der Waals surface area contributed by atoms with E-state index in [9.17, 15) is 0 Å².